The summed E-state index contributed by atoms with van der Waals surface area (Å²) in [5, 5.41) is 2.93. The number of ether oxygens (including phenoxy) is 1. The first kappa shape index (κ1) is 19.2. The molecule has 0 aliphatic rings. The van der Waals surface area contributed by atoms with Crippen molar-refractivity contribution in [1.29, 1.82) is 0 Å². The molecule has 0 heterocycles. The van der Waals surface area contributed by atoms with Crippen LogP contribution in [0.5, 0.6) is 0 Å². The van der Waals surface area contributed by atoms with Gasteiger partial charge in [0.05, 0.1) is 19.3 Å². The first-order valence-electron chi connectivity index (χ1n) is 8.59. The van der Waals surface area contributed by atoms with Gasteiger partial charge in [-0.1, -0.05) is 75.4 Å². The Labute approximate surface area is 150 Å². The van der Waals surface area contributed by atoms with Crippen molar-refractivity contribution in [1.82, 2.24) is 5.32 Å². The highest BCUT2D eigenvalue weighted by molar-refractivity contribution is 5.82. The highest BCUT2D eigenvalue weighted by atomic mass is 16.5. The molecular formula is C21H28N2O2. The quantitative estimate of drug-likeness (QED) is 0.812. The molecule has 0 spiro atoms. The van der Waals surface area contributed by atoms with Crippen LogP contribution in [0.15, 0.2) is 54.6 Å². The van der Waals surface area contributed by atoms with Crippen LogP contribution in [0.4, 0.5) is 0 Å². The van der Waals surface area contributed by atoms with Crippen molar-refractivity contribution in [2.24, 2.45) is 11.1 Å². The van der Waals surface area contributed by atoms with Crippen LogP contribution in [0.25, 0.3) is 0 Å². The van der Waals surface area contributed by atoms with E-state index in [0.717, 1.165) is 16.7 Å². The third-order valence-electron chi connectivity index (χ3n) is 4.16. The largest absolute Gasteiger partial charge is 0.372 e. The molecule has 1 amide bonds. The van der Waals surface area contributed by atoms with E-state index >= 15 is 0 Å². The lowest BCUT2D eigenvalue weighted by molar-refractivity contribution is -0.124. The maximum atomic E-state index is 12.2. The average molecular weight is 340 g/mol. The lowest BCUT2D eigenvalue weighted by atomic mass is 9.87. The van der Waals surface area contributed by atoms with Crippen molar-refractivity contribution in [3.05, 3.63) is 71.3 Å². The molecule has 0 aliphatic heterocycles. The molecule has 0 fully saturated rings. The molecule has 0 aromatic heterocycles. The average Bonchev–Trinajstić information content (AvgIpc) is 2.60. The molecule has 4 nitrogen and oxygen atoms in total. The summed E-state index contributed by atoms with van der Waals surface area (Å²) in [5.41, 5.74) is 9.00. The van der Waals surface area contributed by atoms with Gasteiger partial charge < -0.3 is 15.8 Å². The van der Waals surface area contributed by atoms with Gasteiger partial charge in [-0.25, -0.2) is 0 Å². The Morgan fingerprint density at radius 1 is 1.00 bits per heavy atom. The standard InChI is InChI=1S/C21H28N2O2/c1-21(2,3)19(22)20(24)23-13-17-11-7-8-12-18(17)15-25-14-16-9-5-4-6-10-16/h4-12,19H,13-15,22H2,1-3H3,(H,23,24)/t19-/m1/s1. The zero-order chi connectivity index (χ0) is 18.3. The predicted molar refractivity (Wildman–Crippen MR) is 101 cm³/mol. The lowest BCUT2D eigenvalue weighted by Crippen LogP contribution is -2.48. The summed E-state index contributed by atoms with van der Waals surface area (Å²) in [6.07, 6.45) is 0. The monoisotopic (exact) mass is 340 g/mol. The van der Waals surface area contributed by atoms with E-state index in [1.165, 1.54) is 0 Å². The first-order chi connectivity index (χ1) is 11.9. The van der Waals surface area contributed by atoms with Crippen LogP contribution in [0.1, 0.15) is 37.5 Å². The molecule has 0 radical (unpaired) electrons. The van der Waals surface area contributed by atoms with Gasteiger partial charge in [0.2, 0.25) is 5.91 Å². The van der Waals surface area contributed by atoms with Crippen LogP contribution in [-0.2, 0) is 29.3 Å². The molecule has 0 saturated heterocycles. The third kappa shape index (κ3) is 6.00. The van der Waals surface area contributed by atoms with E-state index < -0.39 is 6.04 Å². The molecule has 134 valence electrons. The maximum absolute atomic E-state index is 12.2. The third-order valence-corrected chi connectivity index (χ3v) is 4.16. The molecule has 2 aromatic carbocycles. The summed E-state index contributed by atoms with van der Waals surface area (Å²) in [5.74, 6) is -0.132. The molecule has 0 bridgehead atoms. The second-order valence-electron chi connectivity index (χ2n) is 7.31. The van der Waals surface area contributed by atoms with Gasteiger partial charge in [0.15, 0.2) is 0 Å². The second kappa shape index (κ2) is 8.79. The smallest absolute Gasteiger partial charge is 0.237 e. The number of amides is 1. The van der Waals surface area contributed by atoms with Crippen LogP contribution in [0, 0.1) is 5.41 Å². The Hall–Kier alpha value is -2.17. The number of carbonyl (C=O) groups excluding carboxylic acids is 1. The van der Waals surface area contributed by atoms with Gasteiger partial charge in [0, 0.05) is 6.54 Å². The minimum atomic E-state index is -0.533. The fourth-order valence-corrected chi connectivity index (χ4v) is 2.41. The number of hydrogen-bond acceptors (Lipinski definition) is 3. The van der Waals surface area contributed by atoms with E-state index in [1.807, 2.05) is 75.4 Å². The number of hydrogen-bond donors (Lipinski definition) is 2. The second-order valence-corrected chi connectivity index (χ2v) is 7.31. The Balaban J connectivity index is 1.90. The Morgan fingerprint density at radius 2 is 1.60 bits per heavy atom. The van der Waals surface area contributed by atoms with Crippen molar-refractivity contribution in [3.8, 4) is 0 Å². The fraction of sp³-hybridized carbons (Fsp3) is 0.381. The Kier molecular flexibility index (Phi) is 6.73. The van der Waals surface area contributed by atoms with Gasteiger partial charge >= 0.3 is 0 Å². The van der Waals surface area contributed by atoms with Crippen LogP contribution >= 0.6 is 0 Å². The van der Waals surface area contributed by atoms with E-state index in [-0.39, 0.29) is 11.3 Å². The molecular weight excluding hydrogens is 312 g/mol. The molecule has 0 saturated carbocycles. The zero-order valence-electron chi connectivity index (χ0n) is 15.3. The van der Waals surface area contributed by atoms with Gasteiger partial charge in [-0.3, -0.25) is 4.79 Å². The number of rotatable bonds is 7. The lowest BCUT2D eigenvalue weighted by Gasteiger charge is -2.26. The molecule has 2 aromatic rings. The van der Waals surface area contributed by atoms with Crippen molar-refractivity contribution >= 4 is 5.91 Å². The van der Waals surface area contributed by atoms with E-state index in [2.05, 4.69) is 5.32 Å². The molecule has 2 rings (SSSR count). The fourth-order valence-electron chi connectivity index (χ4n) is 2.41. The molecule has 3 N–H and O–H groups in total. The highest BCUT2D eigenvalue weighted by Crippen LogP contribution is 2.18. The topological polar surface area (TPSA) is 64.4 Å². The van der Waals surface area contributed by atoms with Crippen molar-refractivity contribution in [2.75, 3.05) is 0 Å². The summed E-state index contributed by atoms with van der Waals surface area (Å²) in [6, 6.07) is 17.5. The van der Waals surface area contributed by atoms with E-state index in [9.17, 15) is 4.79 Å². The number of carbonyl (C=O) groups is 1. The number of nitrogens with one attached hydrogen (secondary N) is 1. The molecule has 1 atom stereocenters. The van der Waals surface area contributed by atoms with Crippen molar-refractivity contribution < 1.29 is 9.53 Å². The van der Waals surface area contributed by atoms with Crippen LogP contribution < -0.4 is 11.1 Å². The summed E-state index contributed by atoms with van der Waals surface area (Å²) >= 11 is 0. The van der Waals surface area contributed by atoms with Crippen LogP contribution in [0.2, 0.25) is 0 Å². The van der Waals surface area contributed by atoms with E-state index in [1.54, 1.807) is 0 Å². The minimum absolute atomic E-state index is 0.132. The molecule has 0 aliphatic carbocycles. The number of benzene rings is 2. The van der Waals surface area contributed by atoms with Crippen molar-refractivity contribution in [3.63, 3.8) is 0 Å². The Morgan fingerprint density at radius 3 is 2.24 bits per heavy atom. The summed E-state index contributed by atoms with van der Waals surface area (Å²) in [6.45, 7) is 7.41. The predicted octanol–water partition coefficient (Wildman–Crippen LogP) is 3.39. The zero-order valence-corrected chi connectivity index (χ0v) is 15.3. The van der Waals surface area contributed by atoms with Crippen LogP contribution in [-0.4, -0.2) is 11.9 Å². The summed E-state index contributed by atoms with van der Waals surface area (Å²) < 4.78 is 5.82. The van der Waals surface area contributed by atoms with Gasteiger partial charge in [0.25, 0.3) is 0 Å². The van der Waals surface area contributed by atoms with E-state index in [4.69, 9.17) is 10.5 Å². The summed E-state index contributed by atoms with van der Waals surface area (Å²) in [4.78, 5) is 12.2. The van der Waals surface area contributed by atoms with Gasteiger partial charge in [0.1, 0.15) is 0 Å². The normalized spacial score (nSPS) is 12.6. The SMILES string of the molecule is CC(C)(C)[C@H](N)C(=O)NCc1ccccc1COCc1ccccc1. The molecule has 25 heavy (non-hydrogen) atoms. The van der Waals surface area contributed by atoms with Gasteiger partial charge in [-0.2, -0.15) is 0 Å². The van der Waals surface area contributed by atoms with Crippen LogP contribution in [0.3, 0.4) is 0 Å². The minimum Gasteiger partial charge on any atom is -0.372 e. The number of nitrogens with two attached hydrogens (primary N) is 1. The van der Waals surface area contributed by atoms with Gasteiger partial charge in [-0.05, 0) is 22.1 Å². The van der Waals surface area contributed by atoms with E-state index in [0.29, 0.717) is 19.8 Å². The Bertz CT molecular complexity index is 678. The molecule has 4 heteroatoms. The molecule has 0 unspecified atom stereocenters. The first-order valence-corrected chi connectivity index (χ1v) is 8.59. The maximum Gasteiger partial charge on any atom is 0.237 e. The summed E-state index contributed by atoms with van der Waals surface area (Å²) in [7, 11) is 0. The van der Waals surface area contributed by atoms with Gasteiger partial charge in [-0.15, -0.1) is 0 Å². The van der Waals surface area contributed by atoms with Crippen molar-refractivity contribution in [2.45, 2.75) is 46.6 Å². The highest BCUT2D eigenvalue weighted by Gasteiger charge is 2.27.